The molecule has 0 bridgehead atoms. The molecule has 1 fully saturated rings. The molecule has 1 aliphatic rings. The predicted molar refractivity (Wildman–Crippen MR) is 62.8 cm³/mol. The van der Waals surface area contributed by atoms with Crippen molar-refractivity contribution < 1.29 is 0 Å². The van der Waals surface area contributed by atoms with Crippen LogP contribution in [0.4, 0.5) is 0 Å². The maximum Gasteiger partial charge on any atom is 0.0803 e. The van der Waals surface area contributed by atoms with Crippen LogP contribution in [0.2, 0.25) is 0 Å². The molecule has 1 aromatic heterocycles. The molecule has 0 amide bonds. The molecule has 3 nitrogen and oxygen atoms in total. The van der Waals surface area contributed by atoms with Crippen LogP contribution in [-0.4, -0.2) is 9.59 Å². The first-order valence-corrected chi connectivity index (χ1v) is 6.67. The van der Waals surface area contributed by atoms with Crippen LogP contribution in [0.5, 0.6) is 0 Å². The van der Waals surface area contributed by atoms with Crippen LogP contribution in [0.15, 0.2) is 0 Å². The molecule has 0 radical (unpaired) electrons. The van der Waals surface area contributed by atoms with Crippen LogP contribution in [-0.2, 0) is 6.42 Å². The molecule has 1 aliphatic carbocycles. The molecular weight excluding hydrogens is 206 g/mol. The van der Waals surface area contributed by atoms with Gasteiger partial charge in [-0.2, -0.15) is 0 Å². The van der Waals surface area contributed by atoms with Crippen molar-refractivity contribution in [2.24, 2.45) is 11.7 Å². The number of nitrogens with two attached hydrogens (primary N) is 1. The summed E-state index contributed by atoms with van der Waals surface area (Å²) in [4.78, 5) is 1.24. The third-order valence-corrected chi connectivity index (χ3v) is 4.15. The van der Waals surface area contributed by atoms with E-state index in [1.54, 1.807) is 0 Å². The number of nitrogens with zero attached hydrogens (tertiary/aromatic N) is 2. The van der Waals surface area contributed by atoms with Gasteiger partial charge in [-0.15, -0.1) is 5.10 Å². The first-order valence-electron chi connectivity index (χ1n) is 5.89. The zero-order chi connectivity index (χ0) is 10.7. The summed E-state index contributed by atoms with van der Waals surface area (Å²) in [6.07, 6.45) is 7.39. The van der Waals surface area contributed by atoms with Crippen LogP contribution in [0, 0.1) is 5.92 Å². The number of aryl methyl sites for hydroxylation is 1. The molecule has 84 valence electrons. The summed E-state index contributed by atoms with van der Waals surface area (Å²) in [7, 11) is 0. The Morgan fingerprint density at radius 1 is 1.47 bits per heavy atom. The van der Waals surface area contributed by atoms with E-state index in [0.29, 0.717) is 5.92 Å². The van der Waals surface area contributed by atoms with E-state index in [1.165, 1.54) is 42.1 Å². The van der Waals surface area contributed by atoms with Gasteiger partial charge in [-0.3, -0.25) is 0 Å². The molecule has 1 atom stereocenters. The quantitative estimate of drug-likeness (QED) is 0.857. The standard InChI is InChI=1S/C11H19N3S/c1-2-5-9-11(15-14-13-9)10(12)8-6-3-4-7-8/h8,10H,2-7,12H2,1H3. The molecule has 1 aromatic rings. The van der Waals surface area contributed by atoms with Crippen molar-refractivity contribution in [2.75, 3.05) is 0 Å². The molecular formula is C11H19N3S. The summed E-state index contributed by atoms with van der Waals surface area (Å²) in [5.41, 5.74) is 7.45. The lowest BCUT2D eigenvalue weighted by atomic mass is 9.96. The van der Waals surface area contributed by atoms with Crippen LogP contribution in [0.25, 0.3) is 0 Å². The van der Waals surface area contributed by atoms with Crippen LogP contribution in [0.1, 0.15) is 55.6 Å². The largest absolute Gasteiger partial charge is 0.323 e. The summed E-state index contributed by atoms with van der Waals surface area (Å²) in [5.74, 6) is 0.669. The topological polar surface area (TPSA) is 51.8 Å². The Balaban J connectivity index is 2.09. The number of rotatable bonds is 4. The van der Waals surface area contributed by atoms with Crippen molar-refractivity contribution in [2.45, 2.75) is 51.5 Å². The van der Waals surface area contributed by atoms with E-state index >= 15 is 0 Å². The average molecular weight is 225 g/mol. The van der Waals surface area contributed by atoms with Gasteiger partial charge in [-0.25, -0.2) is 0 Å². The maximum absolute atomic E-state index is 6.31. The van der Waals surface area contributed by atoms with Gasteiger partial charge in [0.25, 0.3) is 0 Å². The summed E-state index contributed by atoms with van der Waals surface area (Å²) in [6.45, 7) is 2.17. The van der Waals surface area contributed by atoms with Crippen molar-refractivity contribution in [3.63, 3.8) is 0 Å². The lowest BCUT2D eigenvalue weighted by Gasteiger charge is -2.17. The van der Waals surface area contributed by atoms with Crippen LogP contribution in [0.3, 0.4) is 0 Å². The van der Waals surface area contributed by atoms with Gasteiger partial charge < -0.3 is 5.73 Å². The van der Waals surface area contributed by atoms with Gasteiger partial charge in [-0.1, -0.05) is 30.7 Å². The molecule has 1 saturated carbocycles. The fourth-order valence-corrected chi connectivity index (χ4v) is 3.20. The highest BCUT2D eigenvalue weighted by Gasteiger charge is 2.26. The van der Waals surface area contributed by atoms with Gasteiger partial charge in [0.1, 0.15) is 0 Å². The molecule has 4 heteroatoms. The minimum Gasteiger partial charge on any atom is -0.323 e. The fraction of sp³-hybridized carbons (Fsp3) is 0.818. The smallest absolute Gasteiger partial charge is 0.0803 e. The highest BCUT2D eigenvalue weighted by Crippen LogP contribution is 2.36. The van der Waals surface area contributed by atoms with Crippen molar-refractivity contribution in [3.05, 3.63) is 10.6 Å². The van der Waals surface area contributed by atoms with Gasteiger partial charge in [0.05, 0.1) is 10.6 Å². The maximum atomic E-state index is 6.31. The molecule has 2 rings (SSSR count). The van der Waals surface area contributed by atoms with Gasteiger partial charge >= 0.3 is 0 Å². The summed E-state index contributed by atoms with van der Waals surface area (Å²) < 4.78 is 4.04. The Bertz CT molecular complexity index is 305. The number of hydrogen-bond acceptors (Lipinski definition) is 4. The highest BCUT2D eigenvalue weighted by molar-refractivity contribution is 7.05. The molecule has 15 heavy (non-hydrogen) atoms. The summed E-state index contributed by atoms with van der Waals surface area (Å²) in [5, 5.41) is 4.19. The van der Waals surface area contributed by atoms with Crippen LogP contribution >= 0.6 is 11.5 Å². The second-order valence-corrected chi connectivity index (χ2v) is 5.19. The zero-order valence-electron chi connectivity index (χ0n) is 9.28. The lowest BCUT2D eigenvalue weighted by molar-refractivity contribution is 0.447. The van der Waals surface area contributed by atoms with E-state index in [-0.39, 0.29) is 6.04 Å². The number of aromatic nitrogens is 2. The van der Waals surface area contributed by atoms with E-state index in [1.807, 2.05) is 0 Å². The Morgan fingerprint density at radius 2 is 2.20 bits per heavy atom. The molecule has 0 saturated heterocycles. The molecule has 1 heterocycles. The SMILES string of the molecule is CCCc1nnsc1C(N)C1CCCC1. The molecule has 0 aromatic carbocycles. The Hall–Kier alpha value is -0.480. The van der Waals surface area contributed by atoms with E-state index in [0.717, 1.165) is 18.5 Å². The first-order chi connectivity index (χ1) is 7.33. The average Bonchev–Trinajstić information content (AvgIpc) is 2.87. The Morgan fingerprint density at radius 3 is 2.87 bits per heavy atom. The van der Waals surface area contributed by atoms with Gasteiger partial charge in [0, 0.05) is 6.04 Å². The van der Waals surface area contributed by atoms with E-state index in [4.69, 9.17) is 5.73 Å². The predicted octanol–water partition coefficient (Wildman–Crippen LogP) is 2.68. The van der Waals surface area contributed by atoms with Gasteiger partial charge in [0.2, 0.25) is 0 Å². The summed E-state index contributed by atoms with van der Waals surface area (Å²) in [6, 6.07) is 0.189. The van der Waals surface area contributed by atoms with E-state index in [2.05, 4.69) is 16.5 Å². The van der Waals surface area contributed by atoms with Gasteiger partial charge in [0.15, 0.2) is 0 Å². The van der Waals surface area contributed by atoms with Crippen molar-refractivity contribution in [1.82, 2.24) is 9.59 Å². The monoisotopic (exact) mass is 225 g/mol. The third kappa shape index (κ3) is 2.37. The second kappa shape index (κ2) is 5.03. The van der Waals surface area contributed by atoms with Gasteiger partial charge in [-0.05, 0) is 36.7 Å². The Labute approximate surface area is 95.2 Å². The second-order valence-electron chi connectivity index (χ2n) is 4.40. The first kappa shape index (κ1) is 11.0. The van der Waals surface area contributed by atoms with Crippen molar-refractivity contribution in [1.29, 1.82) is 0 Å². The molecule has 0 spiro atoms. The molecule has 2 N–H and O–H groups in total. The minimum atomic E-state index is 0.189. The zero-order valence-corrected chi connectivity index (χ0v) is 10.1. The molecule has 1 unspecified atom stereocenters. The Kier molecular flexibility index (Phi) is 3.70. The van der Waals surface area contributed by atoms with Crippen LogP contribution < -0.4 is 5.73 Å². The number of hydrogen-bond donors (Lipinski definition) is 1. The highest BCUT2D eigenvalue weighted by atomic mass is 32.1. The lowest BCUT2D eigenvalue weighted by Crippen LogP contribution is -2.19. The minimum absolute atomic E-state index is 0.189. The third-order valence-electron chi connectivity index (χ3n) is 3.28. The molecule has 0 aliphatic heterocycles. The van der Waals surface area contributed by atoms with E-state index in [9.17, 15) is 0 Å². The fourth-order valence-electron chi connectivity index (χ4n) is 2.41. The van der Waals surface area contributed by atoms with Crippen molar-refractivity contribution in [3.8, 4) is 0 Å². The van der Waals surface area contributed by atoms with Crippen molar-refractivity contribution >= 4 is 11.5 Å². The summed E-state index contributed by atoms with van der Waals surface area (Å²) >= 11 is 1.50. The van der Waals surface area contributed by atoms with E-state index < -0.39 is 0 Å². The normalized spacial score (nSPS) is 19.6.